The summed E-state index contributed by atoms with van der Waals surface area (Å²) in [5.41, 5.74) is 1.14. The number of nitrogens with zero attached hydrogens (tertiary/aromatic N) is 2. The van der Waals surface area contributed by atoms with Crippen molar-refractivity contribution in [3.05, 3.63) is 59.0 Å². The Kier molecular flexibility index (Phi) is 6.93. The second kappa shape index (κ2) is 9.61. The van der Waals surface area contributed by atoms with Crippen LogP contribution in [0.3, 0.4) is 0 Å². The van der Waals surface area contributed by atoms with Crippen molar-refractivity contribution in [2.45, 2.75) is 17.3 Å². The number of hydrogen-bond donors (Lipinski definition) is 2. The van der Waals surface area contributed by atoms with E-state index in [0.29, 0.717) is 29.0 Å². The Morgan fingerprint density at radius 2 is 2.08 bits per heavy atom. The first-order valence-electron chi connectivity index (χ1n) is 7.93. The number of furan rings is 1. The molecule has 3 aromatic rings. The summed E-state index contributed by atoms with van der Waals surface area (Å²) >= 11 is 8.64. The second-order valence-corrected chi connectivity index (χ2v) is 7.96. The Morgan fingerprint density at radius 3 is 2.85 bits per heavy atom. The highest BCUT2D eigenvalue weighted by Gasteiger charge is 2.08. The molecule has 6 nitrogen and oxygen atoms in total. The molecule has 0 unspecified atom stereocenters. The monoisotopic (exact) mass is 408 g/mol. The van der Waals surface area contributed by atoms with Gasteiger partial charge in [-0.1, -0.05) is 46.8 Å². The van der Waals surface area contributed by atoms with Gasteiger partial charge in [0.1, 0.15) is 5.76 Å². The molecule has 0 spiro atoms. The van der Waals surface area contributed by atoms with Gasteiger partial charge in [-0.2, -0.15) is 0 Å². The Morgan fingerprint density at radius 1 is 1.23 bits per heavy atom. The Bertz CT molecular complexity index is 822. The average Bonchev–Trinajstić information content (AvgIpc) is 3.31. The van der Waals surface area contributed by atoms with Crippen molar-refractivity contribution in [1.29, 1.82) is 0 Å². The molecular weight excluding hydrogens is 392 g/mol. The van der Waals surface area contributed by atoms with E-state index in [1.54, 1.807) is 6.26 Å². The smallest absolute Gasteiger partial charge is 0.230 e. The normalized spacial score (nSPS) is 10.7. The average molecular weight is 409 g/mol. The molecule has 0 atom stereocenters. The van der Waals surface area contributed by atoms with Crippen LogP contribution in [-0.2, 0) is 17.8 Å². The molecule has 0 aliphatic carbocycles. The summed E-state index contributed by atoms with van der Waals surface area (Å²) in [7, 11) is 0. The zero-order chi connectivity index (χ0) is 18.2. The van der Waals surface area contributed by atoms with Crippen molar-refractivity contribution < 1.29 is 9.21 Å². The van der Waals surface area contributed by atoms with Crippen LogP contribution >= 0.6 is 34.7 Å². The lowest BCUT2D eigenvalue weighted by Crippen LogP contribution is -2.27. The molecule has 136 valence electrons. The minimum absolute atomic E-state index is 0.0238. The molecule has 0 fully saturated rings. The third-order valence-electron chi connectivity index (χ3n) is 3.38. The predicted molar refractivity (Wildman–Crippen MR) is 105 cm³/mol. The molecule has 26 heavy (non-hydrogen) atoms. The van der Waals surface area contributed by atoms with E-state index in [0.717, 1.165) is 22.1 Å². The summed E-state index contributed by atoms with van der Waals surface area (Å²) < 4.78 is 6.00. The van der Waals surface area contributed by atoms with Gasteiger partial charge in [-0.05, 0) is 36.2 Å². The molecule has 0 saturated carbocycles. The number of nitrogens with one attached hydrogen (secondary N) is 2. The maximum Gasteiger partial charge on any atom is 0.230 e. The van der Waals surface area contributed by atoms with Gasteiger partial charge < -0.3 is 15.1 Å². The van der Waals surface area contributed by atoms with Gasteiger partial charge >= 0.3 is 0 Å². The summed E-state index contributed by atoms with van der Waals surface area (Å²) in [6.45, 7) is 1.14. The predicted octanol–water partition coefficient (Wildman–Crippen LogP) is 3.85. The van der Waals surface area contributed by atoms with Gasteiger partial charge in [-0.3, -0.25) is 4.79 Å². The highest BCUT2D eigenvalue weighted by molar-refractivity contribution is 8.01. The minimum atomic E-state index is -0.0238. The maximum atomic E-state index is 11.9. The Balaban J connectivity index is 1.34. The number of aromatic nitrogens is 2. The lowest BCUT2D eigenvalue weighted by Gasteiger charge is -2.04. The maximum absolute atomic E-state index is 11.9. The fraction of sp³-hybridized carbons (Fsp3) is 0.235. The third kappa shape index (κ3) is 6.05. The Labute approximate surface area is 164 Å². The number of carbonyl (C=O) groups excluding carboxylic acids is 1. The van der Waals surface area contributed by atoms with E-state index < -0.39 is 0 Å². The van der Waals surface area contributed by atoms with Crippen LogP contribution in [0.4, 0.5) is 5.13 Å². The van der Waals surface area contributed by atoms with E-state index in [2.05, 4.69) is 20.8 Å². The van der Waals surface area contributed by atoms with Crippen LogP contribution in [0.25, 0.3) is 0 Å². The van der Waals surface area contributed by atoms with Crippen LogP contribution in [0.1, 0.15) is 11.3 Å². The third-order valence-corrected chi connectivity index (χ3v) is 5.64. The number of hydrogen-bond acceptors (Lipinski definition) is 7. The summed E-state index contributed by atoms with van der Waals surface area (Å²) in [6.07, 6.45) is 2.40. The van der Waals surface area contributed by atoms with Gasteiger partial charge in [0.2, 0.25) is 11.0 Å². The molecule has 0 radical (unpaired) electrons. The topological polar surface area (TPSA) is 80.1 Å². The minimum Gasteiger partial charge on any atom is -0.467 e. The molecule has 1 aromatic carbocycles. The summed E-state index contributed by atoms with van der Waals surface area (Å²) in [6, 6.07) is 11.3. The molecule has 2 N–H and O–H groups in total. The number of thioether (sulfide) groups is 1. The highest BCUT2D eigenvalue weighted by atomic mass is 35.5. The number of benzene rings is 1. The summed E-state index contributed by atoms with van der Waals surface area (Å²) in [5, 5.41) is 15.6. The van der Waals surface area contributed by atoms with Gasteiger partial charge in [0.15, 0.2) is 4.34 Å². The second-order valence-electron chi connectivity index (χ2n) is 5.32. The van der Waals surface area contributed by atoms with E-state index in [4.69, 9.17) is 16.0 Å². The van der Waals surface area contributed by atoms with Crippen molar-refractivity contribution in [3.63, 3.8) is 0 Å². The van der Waals surface area contributed by atoms with Gasteiger partial charge in [0.05, 0.1) is 18.6 Å². The summed E-state index contributed by atoms with van der Waals surface area (Å²) in [4.78, 5) is 11.9. The van der Waals surface area contributed by atoms with E-state index >= 15 is 0 Å². The summed E-state index contributed by atoms with van der Waals surface area (Å²) in [5.74, 6) is 1.12. The molecule has 0 saturated heterocycles. The number of halogens is 1. The van der Waals surface area contributed by atoms with E-state index in [1.165, 1.54) is 23.1 Å². The van der Waals surface area contributed by atoms with Crippen LogP contribution in [0.5, 0.6) is 0 Å². The number of amides is 1. The quantitative estimate of drug-likeness (QED) is 0.523. The number of anilines is 1. The zero-order valence-corrected chi connectivity index (χ0v) is 16.2. The van der Waals surface area contributed by atoms with E-state index in [1.807, 2.05) is 36.4 Å². The highest BCUT2D eigenvalue weighted by Crippen LogP contribution is 2.25. The molecule has 0 aliphatic rings. The molecule has 2 aromatic heterocycles. The van der Waals surface area contributed by atoms with Crippen molar-refractivity contribution in [1.82, 2.24) is 15.5 Å². The van der Waals surface area contributed by atoms with Crippen LogP contribution in [-0.4, -0.2) is 28.4 Å². The van der Waals surface area contributed by atoms with Crippen molar-refractivity contribution in [3.8, 4) is 0 Å². The zero-order valence-electron chi connectivity index (χ0n) is 13.8. The van der Waals surface area contributed by atoms with Crippen molar-refractivity contribution >= 4 is 45.7 Å². The van der Waals surface area contributed by atoms with Gasteiger partial charge in [-0.25, -0.2) is 0 Å². The van der Waals surface area contributed by atoms with Crippen LogP contribution in [0.15, 0.2) is 51.4 Å². The van der Waals surface area contributed by atoms with Gasteiger partial charge in [-0.15, -0.1) is 10.2 Å². The molecule has 3 rings (SSSR count). The first kappa shape index (κ1) is 18.8. The lowest BCUT2D eigenvalue weighted by atomic mass is 10.1. The van der Waals surface area contributed by atoms with Crippen LogP contribution < -0.4 is 10.6 Å². The molecule has 9 heteroatoms. The van der Waals surface area contributed by atoms with Crippen LogP contribution in [0.2, 0.25) is 5.02 Å². The molecule has 2 heterocycles. The fourth-order valence-electron chi connectivity index (χ4n) is 2.09. The number of rotatable bonds is 9. The van der Waals surface area contributed by atoms with Gasteiger partial charge in [0, 0.05) is 11.6 Å². The first-order valence-corrected chi connectivity index (χ1v) is 10.1. The fourth-order valence-corrected chi connectivity index (χ4v) is 3.79. The molecule has 1 amide bonds. The molecule has 0 aliphatic heterocycles. The molecule has 0 bridgehead atoms. The lowest BCUT2D eigenvalue weighted by molar-refractivity contribution is -0.118. The first-order chi connectivity index (χ1) is 12.7. The van der Waals surface area contributed by atoms with E-state index in [-0.39, 0.29) is 5.91 Å². The van der Waals surface area contributed by atoms with Crippen LogP contribution in [0, 0.1) is 0 Å². The van der Waals surface area contributed by atoms with Crippen molar-refractivity contribution in [2.75, 3.05) is 17.6 Å². The van der Waals surface area contributed by atoms with Crippen molar-refractivity contribution in [2.24, 2.45) is 0 Å². The SMILES string of the molecule is O=C(CSc1nnc(NCc2ccco2)s1)NCCc1ccc(Cl)cc1. The molecular formula is C17H17ClN4O2S2. The van der Waals surface area contributed by atoms with E-state index in [9.17, 15) is 4.79 Å². The largest absolute Gasteiger partial charge is 0.467 e. The standard InChI is InChI=1S/C17H17ClN4O2S2/c18-13-5-3-12(4-6-13)7-8-19-15(23)11-25-17-22-21-16(26-17)20-10-14-2-1-9-24-14/h1-6,9H,7-8,10-11H2,(H,19,23)(H,20,21). The Hall–Kier alpha value is -2.03. The van der Waals surface area contributed by atoms with Gasteiger partial charge in [0.25, 0.3) is 0 Å². The number of carbonyl (C=O) groups is 1.